The Kier molecular flexibility index (Phi) is 7.98. The molecule has 0 unspecified atom stereocenters. The van der Waals surface area contributed by atoms with Gasteiger partial charge in [0, 0.05) is 39.2 Å². The molecular formula is C20H31N5O5S2Si. The maximum absolute atomic E-state index is 13.4. The first kappa shape index (κ1) is 25.4. The molecule has 3 rings (SSSR count). The summed E-state index contributed by atoms with van der Waals surface area (Å²) in [7, 11) is -5.29. The lowest BCUT2D eigenvalue weighted by Gasteiger charge is -2.23. The number of rotatable bonds is 10. The van der Waals surface area contributed by atoms with Gasteiger partial charge in [0.2, 0.25) is 0 Å². The van der Waals surface area contributed by atoms with Gasteiger partial charge in [0.15, 0.2) is 10.8 Å². The van der Waals surface area contributed by atoms with E-state index < -0.39 is 24.2 Å². The maximum atomic E-state index is 13.4. The number of likely N-dealkylation sites (tertiary alicyclic amines) is 1. The van der Waals surface area contributed by atoms with Crippen molar-refractivity contribution in [1.29, 1.82) is 0 Å². The molecule has 0 radical (unpaired) electrons. The predicted octanol–water partition coefficient (Wildman–Crippen LogP) is 3.52. The number of carbonyl (C=O) groups is 1. The number of aromatic nitrogens is 2. The average Bonchev–Trinajstić information content (AvgIpc) is 3.40. The Morgan fingerprint density at radius 2 is 2.15 bits per heavy atom. The summed E-state index contributed by atoms with van der Waals surface area (Å²) in [5, 5.41) is 14.0. The van der Waals surface area contributed by atoms with E-state index in [9.17, 15) is 13.2 Å². The first-order valence-corrected chi connectivity index (χ1v) is 16.8. The summed E-state index contributed by atoms with van der Waals surface area (Å²) in [6.45, 7) is 9.69. The zero-order valence-corrected chi connectivity index (χ0v) is 21.9. The minimum absolute atomic E-state index is 0.0460. The summed E-state index contributed by atoms with van der Waals surface area (Å²) < 4.78 is 33.7. The molecule has 0 spiro atoms. The van der Waals surface area contributed by atoms with E-state index in [1.54, 1.807) is 17.8 Å². The molecule has 13 heteroatoms. The molecule has 10 nitrogen and oxygen atoms in total. The van der Waals surface area contributed by atoms with Crippen LogP contribution >= 0.6 is 11.3 Å². The molecule has 0 bridgehead atoms. The van der Waals surface area contributed by atoms with Crippen LogP contribution < -0.4 is 9.62 Å². The second-order valence-electron chi connectivity index (χ2n) is 9.24. The highest BCUT2D eigenvalue weighted by Crippen LogP contribution is 2.26. The van der Waals surface area contributed by atoms with E-state index in [2.05, 4.69) is 34.9 Å². The Balaban J connectivity index is 1.74. The quantitative estimate of drug-likeness (QED) is 0.281. The Bertz CT molecular complexity index is 1060. The van der Waals surface area contributed by atoms with Crippen LogP contribution in [0.5, 0.6) is 0 Å². The number of amides is 1. The number of sulfonamides is 1. The lowest BCUT2D eigenvalue weighted by Crippen LogP contribution is -2.35. The zero-order chi connectivity index (χ0) is 24.2. The number of nitrogens with zero attached hydrogens (tertiary/aromatic N) is 4. The molecule has 1 fully saturated rings. The fourth-order valence-electron chi connectivity index (χ4n) is 3.32. The molecule has 2 aromatic heterocycles. The van der Waals surface area contributed by atoms with Crippen molar-refractivity contribution in [1.82, 2.24) is 14.9 Å². The van der Waals surface area contributed by atoms with Crippen LogP contribution in [0.4, 0.5) is 16.3 Å². The van der Waals surface area contributed by atoms with Crippen molar-refractivity contribution in [2.45, 2.75) is 50.1 Å². The third-order valence-corrected chi connectivity index (χ3v) is 9.24. The lowest BCUT2D eigenvalue weighted by atomic mass is 10.2. The van der Waals surface area contributed by atoms with Crippen LogP contribution in [0.2, 0.25) is 25.7 Å². The number of ether oxygens (including phenoxy) is 1. The fourth-order valence-corrected chi connectivity index (χ4v) is 5.98. The Labute approximate surface area is 199 Å². The van der Waals surface area contributed by atoms with Gasteiger partial charge in [-0.25, -0.2) is 19.1 Å². The van der Waals surface area contributed by atoms with E-state index in [0.717, 1.165) is 10.3 Å². The summed E-state index contributed by atoms with van der Waals surface area (Å²) in [5.74, 6) is 0.300. The van der Waals surface area contributed by atoms with E-state index in [1.807, 2.05) is 0 Å². The number of nitrogens with one attached hydrogen (secondary N) is 1. The Hall–Kier alpha value is -2.22. The predicted molar refractivity (Wildman–Crippen MR) is 131 cm³/mol. The second kappa shape index (κ2) is 10.4. The van der Waals surface area contributed by atoms with Crippen molar-refractivity contribution in [2.75, 3.05) is 36.0 Å². The van der Waals surface area contributed by atoms with Gasteiger partial charge in [-0.1, -0.05) is 19.6 Å². The van der Waals surface area contributed by atoms with Crippen molar-refractivity contribution < 1.29 is 23.1 Å². The van der Waals surface area contributed by atoms with E-state index in [-0.39, 0.29) is 17.8 Å². The third-order valence-electron chi connectivity index (χ3n) is 5.34. The third kappa shape index (κ3) is 6.65. The van der Waals surface area contributed by atoms with Crippen molar-refractivity contribution >= 4 is 47.0 Å². The van der Waals surface area contributed by atoms with Gasteiger partial charge in [-0.3, -0.25) is 0 Å². The van der Waals surface area contributed by atoms with Crippen LogP contribution in [-0.2, 0) is 14.8 Å². The number of hydrogen-bond acceptors (Lipinski definition) is 8. The zero-order valence-electron chi connectivity index (χ0n) is 19.3. The van der Waals surface area contributed by atoms with Gasteiger partial charge >= 0.3 is 6.09 Å². The first-order chi connectivity index (χ1) is 15.5. The summed E-state index contributed by atoms with van der Waals surface area (Å²) in [6, 6.07) is 2.40. The van der Waals surface area contributed by atoms with Crippen LogP contribution in [0, 0.1) is 6.92 Å². The number of carboxylic acid groups (broad SMARTS) is 1. The molecule has 1 atom stereocenters. The number of aryl methyl sites for hydroxylation is 1. The molecule has 2 aromatic rings. The molecule has 0 aliphatic carbocycles. The van der Waals surface area contributed by atoms with Crippen molar-refractivity contribution in [3.05, 3.63) is 28.7 Å². The molecule has 1 amide bonds. The SMILES string of the molecule is Cc1cc(S(=O)(=O)N(COCC[Si](C)(C)C)c2cscn2)ncc1N[C@H]1CCN(C(=O)O)C1. The molecule has 0 aromatic carbocycles. The van der Waals surface area contributed by atoms with Gasteiger partial charge < -0.3 is 20.1 Å². The molecule has 1 aliphatic rings. The molecule has 182 valence electrons. The van der Waals surface area contributed by atoms with Gasteiger partial charge in [-0.15, -0.1) is 11.3 Å². The van der Waals surface area contributed by atoms with E-state index >= 15 is 0 Å². The Morgan fingerprint density at radius 1 is 1.39 bits per heavy atom. The molecule has 0 saturated carbocycles. The van der Waals surface area contributed by atoms with Crippen LogP contribution in [0.3, 0.4) is 0 Å². The van der Waals surface area contributed by atoms with Crippen LogP contribution in [0.1, 0.15) is 12.0 Å². The van der Waals surface area contributed by atoms with Gasteiger partial charge in [-0.05, 0) is 31.0 Å². The molecule has 1 saturated heterocycles. The number of thiazole rings is 1. The number of anilines is 2. The second-order valence-corrected chi connectivity index (χ2v) is 17.4. The highest BCUT2D eigenvalue weighted by Gasteiger charge is 2.30. The van der Waals surface area contributed by atoms with Crippen molar-refractivity contribution in [3.63, 3.8) is 0 Å². The average molecular weight is 514 g/mol. The van der Waals surface area contributed by atoms with E-state index in [1.165, 1.54) is 28.5 Å². The van der Waals surface area contributed by atoms with Crippen molar-refractivity contribution in [3.8, 4) is 0 Å². The summed E-state index contributed by atoms with van der Waals surface area (Å²) in [6.07, 6.45) is 1.22. The first-order valence-electron chi connectivity index (χ1n) is 10.7. The summed E-state index contributed by atoms with van der Waals surface area (Å²) in [4.78, 5) is 20.9. The molecule has 1 aliphatic heterocycles. The highest BCUT2D eigenvalue weighted by atomic mass is 32.2. The van der Waals surface area contributed by atoms with Crippen LogP contribution in [0.25, 0.3) is 0 Å². The van der Waals surface area contributed by atoms with Gasteiger partial charge in [0.1, 0.15) is 6.73 Å². The standard InChI is InChI=1S/C20H31N5O5S2Si/c1-15-9-19(21-10-17(15)23-16-5-6-24(11-16)20(26)27)32(28,29)25(18-12-31-13-22-18)14-30-7-8-33(2,3)4/h9-10,12-13,16,23H,5-8,11,14H2,1-4H3,(H,26,27)/t16-/m0/s1. The highest BCUT2D eigenvalue weighted by molar-refractivity contribution is 7.92. The summed E-state index contributed by atoms with van der Waals surface area (Å²) in [5.41, 5.74) is 2.96. The van der Waals surface area contributed by atoms with E-state index in [0.29, 0.717) is 43.2 Å². The number of hydrogen-bond donors (Lipinski definition) is 2. The van der Waals surface area contributed by atoms with Gasteiger partial charge in [0.05, 0.1) is 17.4 Å². The minimum atomic E-state index is -3.99. The molecule has 2 N–H and O–H groups in total. The minimum Gasteiger partial charge on any atom is -0.465 e. The largest absolute Gasteiger partial charge is 0.465 e. The summed E-state index contributed by atoms with van der Waals surface area (Å²) >= 11 is 1.31. The van der Waals surface area contributed by atoms with Gasteiger partial charge in [-0.2, -0.15) is 8.42 Å². The van der Waals surface area contributed by atoms with E-state index in [4.69, 9.17) is 9.84 Å². The molecule has 3 heterocycles. The molecular weight excluding hydrogens is 482 g/mol. The Morgan fingerprint density at radius 3 is 2.73 bits per heavy atom. The van der Waals surface area contributed by atoms with Crippen LogP contribution in [-0.4, -0.2) is 75.0 Å². The van der Waals surface area contributed by atoms with Crippen molar-refractivity contribution in [2.24, 2.45) is 0 Å². The normalized spacial score (nSPS) is 16.7. The maximum Gasteiger partial charge on any atom is 0.407 e. The topological polar surface area (TPSA) is 125 Å². The lowest BCUT2D eigenvalue weighted by molar-refractivity contribution is 0.155. The monoisotopic (exact) mass is 513 g/mol. The van der Waals surface area contributed by atoms with Crippen LogP contribution in [0.15, 0.2) is 28.2 Å². The smallest absolute Gasteiger partial charge is 0.407 e. The molecule has 33 heavy (non-hydrogen) atoms. The number of pyridine rings is 1. The fraction of sp³-hybridized carbons (Fsp3) is 0.550. The van der Waals surface area contributed by atoms with Gasteiger partial charge in [0.25, 0.3) is 10.0 Å².